The zero-order valence-corrected chi connectivity index (χ0v) is 13.3. The van der Waals surface area contributed by atoms with Crippen LogP contribution < -0.4 is 5.32 Å². The van der Waals surface area contributed by atoms with Crippen LogP contribution >= 0.6 is 0 Å². The van der Waals surface area contributed by atoms with Crippen LogP contribution in [0.15, 0.2) is 18.2 Å². The molecule has 2 aliphatic heterocycles. The maximum Gasteiger partial charge on any atom is 0.0319 e. The fourth-order valence-corrected chi connectivity index (χ4v) is 4.16. The van der Waals surface area contributed by atoms with Gasteiger partial charge in [0, 0.05) is 24.2 Å². The summed E-state index contributed by atoms with van der Waals surface area (Å²) in [7, 11) is 2.32. The molecule has 2 aliphatic rings. The summed E-state index contributed by atoms with van der Waals surface area (Å²) in [4.78, 5) is 2.61. The van der Waals surface area contributed by atoms with Crippen LogP contribution in [-0.2, 0) is 0 Å². The first-order chi connectivity index (χ1) is 9.52. The van der Waals surface area contributed by atoms with Crippen LogP contribution in [0.4, 0.5) is 0 Å². The van der Waals surface area contributed by atoms with E-state index in [0.29, 0.717) is 6.04 Å². The Bertz CT molecular complexity index is 450. The van der Waals surface area contributed by atoms with E-state index in [-0.39, 0.29) is 0 Å². The molecule has 2 heteroatoms. The van der Waals surface area contributed by atoms with Crippen molar-refractivity contribution in [1.29, 1.82) is 0 Å². The first-order valence-electron chi connectivity index (χ1n) is 8.09. The molecule has 0 aliphatic carbocycles. The van der Waals surface area contributed by atoms with E-state index in [1.807, 2.05) is 0 Å². The third kappa shape index (κ3) is 2.77. The van der Waals surface area contributed by atoms with E-state index in [9.17, 15) is 0 Å². The second kappa shape index (κ2) is 5.50. The summed E-state index contributed by atoms with van der Waals surface area (Å²) in [5.74, 6) is 0. The molecule has 20 heavy (non-hydrogen) atoms. The van der Waals surface area contributed by atoms with Gasteiger partial charge in [0.25, 0.3) is 0 Å². The Morgan fingerprint density at radius 3 is 2.15 bits per heavy atom. The molecule has 3 atom stereocenters. The van der Waals surface area contributed by atoms with E-state index >= 15 is 0 Å². The van der Waals surface area contributed by atoms with E-state index in [1.165, 1.54) is 42.4 Å². The molecule has 2 bridgehead atoms. The number of piperidine rings is 1. The maximum atomic E-state index is 3.75. The Labute approximate surface area is 123 Å². The molecule has 3 rings (SSSR count). The van der Waals surface area contributed by atoms with E-state index < -0.39 is 0 Å². The van der Waals surface area contributed by atoms with Crippen LogP contribution in [0.5, 0.6) is 0 Å². The van der Waals surface area contributed by atoms with Crippen molar-refractivity contribution >= 4 is 0 Å². The average Bonchev–Trinajstić information content (AvgIpc) is 2.74. The SMILES string of the molecule is Cc1cc(C)cc(C(C)N(C)C2CC3CCC(C2)N3)c1. The fraction of sp³-hybridized carbons (Fsp3) is 0.667. The number of hydrogen-bond donors (Lipinski definition) is 1. The minimum atomic E-state index is 0.510. The molecular weight excluding hydrogens is 244 g/mol. The molecule has 3 unspecified atom stereocenters. The molecule has 2 fully saturated rings. The number of benzene rings is 1. The lowest BCUT2D eigenvalue weighted by atomic mass is 9.95. The summed E-state index contributed by atoms with van der Waals surface area (Å²) in [6.07, 6.45) is 5.41. The van der Waals surface area contributed by atoms with Gasteiger partial charge in [-0.2, -0.15) is 0 Å². The highest BCUT2D eigenvalue weighted by molar-refractivity contribution is 5.30. The zero-order valence-electron chi connectivity index (χ0n) is 13.3. The second-order valence-corrected chi connectivity index (χ2v) is 7.03. The van der Waals surface area contributed by atoms with E-state index in [1.54, 1.807) is 0 Å². The predicted octanol–water partition coefficient (Wildman–Crippen LogP) is 3.58. The molecule has 0 amide bonds. The fourth-order valence-electron chi connectivity index (χ4n) is 4.16. The molecule has 0 saturated carbocycles. The number of rotatable bonds is 3. The van der Waals surface area contributed by atoms with Gasteiger partial charge in [0.15, 0.2) is 0 Å². The smallest absolute Gasteiger partial charge is 0.0319 e. The summed E-state index contributed by atoms with van der Waals surface area (Å²) < 4.78 is 0. The zero-order chi connectivity index (χ0) is 14.3. The van der Waals surface area contributed by atoms with Crippen LogP contribution in [0.1, 0.15) is 55.3 Å². The minimum Gasteiger partial charge on any atom is -0.311 e. The number of nitrogens with zero attached hydrogens (tertiary/aromatic N) is 1. The molecule has 2 heterocycles. The lowest BCUT2D eigenvalue weighted by Gasteiger charge is -2.39. The Balaban J connectivity index is 1.74. The van der Waals surface area contributed by atoms with Crippen molar-refractivity contribution in [1.82, 2.24) is 10.2 Å². The van der Waals surface area contributed by atoms with Gasteiger partial charge in [0.1, 0.15) is 0 Å². The van der Waals surface area contributed by atoms with Crippen LogP contribution in [-0.4, -0.2) is 30.1 Å². The largest absolute Gasteiger partial charge is 0.311 e. The van der Waals surface area contributed by atoms with Crippen LogP contribution in [0.3, 0.4) is 0 Å². The number of hydrogen-bond acceptors (Lipinski definition) is 2. The molecule has 1 N–H and O–H groups in total. The van der Waals surface area contributed by atoms with Crippen LogP contribution in [0, 0.1) is 13.8 Å². The molecule has 0 aromatic heterocycles. The molecule has 0 spiro atoms. The Morgan fingerprint density at radius 2 is 1.60 bits per heavy atom. The highest BCUT2D eigenvalue weighted by Gasteiger charge is 2.36. The molecule has 1 aromatic carbocycles. The van der Waals surface area contributed by atoms with Gasteiger partial charge in [-0.05, 0) is 59.1 Å². The monoisotopic (exact) mass is 272 g/mol. The summed E-state index contributed by atoms with van der Waals surface area (Å²) in [6.45, 7) is 6.76. The van der Waals surface area contributed by atoms with Crippen LogP contribution in [0.25, 0.3) is 0 Å². The highest BCUT2D eigenvalue weighted by Crippen LogP contribution is 2.33. The number of aryl methyl sites for hydroxylation is 2. The third-order valence-electron chi connectivity index (χ3n) is 5.36. The normalized spacial score (nSPS) is 30.8. The lowest BCUT2D eigenvalue weighted by molar-refractivity contribution is 0.132. The lowest BCUT2D eigenvalue weighted by Crippen LogP contribution is -2.47. The van der Waals surface area contributed by atoms with Gasteiger partial charge in [0.2, 0.25) is 0 Å². The Morgan fingerprint density at radius 1 is 1.05 bits per heavy atom. The number of nitrogens with one attached hydrogen (secondary N) is 1. The van der Waals surface area contributed by atoms with Crippen molar-refractivity contribution in [3.05, 3.63) is 34.9 Å². The van der Waals surface area contributed by atoms with E-state index in [4.69, 9.17) is 0 Å². The van der Waals surface area contributed by atoms with Gasteiger partial charge in [0.05, 0.1) is 0 Å². The van der Waals surface area contributed by atoms with Crippen molar-refractivity contribution in [2.75, 3.05) is 7.05 Å². The summed E-state index contributed by atoms with van der Waals surface area (Å²) in [6, 6.07) is 9.76. The minimum absolute atomic E-state index is 0.510. The summed E-state index contributed by atoms with van der Waals surface area (Å²) >= 11 is 0. The van der Waals surface area contributed by atoms with Gasteiger partial charge in [-0.3, -0.25) is 4.90 Å². The first-order valence-corrected chi connectivity index (χ1v) is 8.09. The number of fused-ring (bicyclic) bond motifs is 2. The van der Waals surface area contributed by atoms with Crippen molar-refractivity contribution in [2.45, 2.75) is 70.6 Å². The third-order valence-corrected chi connectivity index (χ3v) is 5.36. The first kappa shape index (κ1) is 14.1. The van der Waals surface area contributed by atoms with Crippen LogP contribution in [0.2, 0.25) is 0 Å². The van der Waals surface area contributed by atoms with Crippen molar-refractivity contribution in [3.8, 4) is 0 Å². The van der Waals surface area contributed by atoms with Gasteiger partial charge >= 0.3 is 0 Å². The topological polar surface area (TPSA) is 15.3 Å². The average molecular weight is 272 g/mol. The predicted molar refractivity (Wildman–Crippen MR) is 85.1 cm³/mol. The molecule has 2 saturated heterocycles. The summed E-state index contributed by atoms with van der Waals surface area (Å²) in [5.41, 5.74) is 4.23. The van der Waals surface area contributed by atoms with Crippen molar-refractivity contribution < 1.29 is 0 Å². The van der Waals surface area contributed by atoms with Crippen molar-refractivity contribution in [3.63, 3.8) is 0 Å². The molecule has 1 aromatic rings. The molecule has 110 valence electrons. The quantitative estimate of drug-likeness (QED) is 0.905. The van der Waals surface area contributed by atoms with Gasteiger partial charge in [-0.1, -0.05) is 29.3 Å². The summed E-state index contributed by atoms with van der Waals surface area (Å²) in [5, 5.41) is 3.75. The highest BCUT2D eigenvalue weighted by atomic mass is 15.2. The van der Waals surface area contributed by atoms with Crippen molar-refractivity contribution in [2.24, 2.45) is 0 Å². The Hall–Kier alpha value is -0.860. The molecular formula is C18H28N2. The standard InChI is InChI=1S/C18H28N2/c1-12-7-13(2)9-15(8-12)14(3)20(4)18-10-16-5-6-17(11-18)19-16/h7-9,14,16-19H,5-6,10-11H2,1-4H3. The van der Waals surface area contributed by atoms with Gasteiger partial charge in [-0.15, -0.1) is 0 Å². The van der Waals surface area contributed by atoms with E-state index in [0.717, 1.165) is 18.1 Å². The van der Waals surface area contributed by atoms with E-state index in [2.05, 4.69) is 56.2 Å². The maximum absolute atomic E-state index is 3.75. The molecule has 0 radical (unpaired) electrons. The van der Waals surface area contributed by atoms with Gasteiger partial charge < -0.3 is 5.32 Å². The second-order valence-electron chi connectivity index (χ2n) is 7.03. The van der Waals surface area contributed by atoms with Gasteiger partial charge in [-0.25, -0.2) is 0 Å². The molecule has 2 nitrogen and oxygen atoms in total. The Kier molecular flexibility index (Phi) is 3.87.